The van der Waals surface area contributed by atoms with E-state index < -0.39 is 0 Å². The van der Waals surface area contributed by atoms with Crippen LogP contribution >= 0.6 is 0 Å². The number of hydrogen-bond donors (Lipinski definition) is 1. The molecule has 0 aliphatic rings. The molecule has 2 aromatic heterocycles. The summed E-state index contributed by atoms with van der Waals surface area (Å²) in [5.41, 5.74) is 1.30. The van der Waals surface area contributed by atoms with Gasteiger partial charge in [0.25, 0.3) is 11.8 Å². The van der Waals surface area contributed by atoms with Gasteiger partial charge in [0.15, 0.2) is 11.5 Å². The minimum absolute atomic E-state index is 0.270. The first-order valence-electron chi connectivity index (χ1n) is 9.73. The first-order valence-corrected chi connectivity index (χ1v) is 9.73. The number of carbonyl (C=O) groups excluding carboxylic acids is 1. The lowest BCUT2D eigenvalue weighted by Crippen LogP contribution is -2.14. The second kappa shape index (κ2) is 9.69. The summed E-state index contributed by atoms with van der Waals surface area (Å²) in [6, 6.07) is 13.6. The Hall–Kier alpha value is -4.60. The van der Waals surface area contributed by atoms with Gasteiger partial charge in [0.1, 0.15) is 17.2 Å². The van der Waals surface area contributed by atoms with Crippen molar-refractivity contribution >= 4 is 11.6 Å². The maximum absolute atomic E-state index is 12.9. The molecular formula is C23H20N4O6. The summed E-state index contributed by atoms with van der Waals surface area (Å²) in [5.74, 6) is 1.99. The number of pyridine rings is 1. The Kier molecular flexibility index (Phi) is 6.35. The van der Waals surface area contributed by atoms with E-state index in [4.69, 9.17) is 23.4 Å². The molecule has 10 nitrogen and oxygen atoms in total. The fourth-order valence-corrected chi connectivity index (χ4v) is 3.13. The fraction of sp³-hybridized carbons (Fsp3) is 0.130. The zero-order valence-corrected chi connectivity index (χ0v) is 18.1. The lowest BCUT2D eigenvalue weighted by atomic mass is 10.1. The summed E-state index contributed by atoms with van der Waals surface area (Å²) < 4.78 is 27.1. The van der Waals surface area contributed by atoms with Crippen LogP contribution in [-0.2, 0) is 0 Å². The van der Waals surface area contributed by atoms with Gasteiger partial charge in [-0.15, -0.1) is 10.2 Å². The molecule has 0 bridgehead atoms. The number of rotatable bonds is 8. The quantitative estimate of drug-likeness (QED) is 0.423. The molecule has 0 saturated heterocycles. The van der Waals surface area contributed by atoms with Crippen molar-refractivity contribution < 1.29 is 28.2 Å². The number of nitrogens with zero attached hydrogens (tertiary/aromatic N) is 3. The third kappa shape index (κ3) is 4.69. The third-order valence-electron chi connectivity index (χ3n) is 4.59. The highest BCUT2D eigenvalue weighted by molar-refractivity contribution is 6.07. The van der Waals surface area contributed by atoms with Gasteiger partial charge in [0, 0.05) is 24.0 Å². The first-order chi connectivity index (χ1) is 16.1. The SMILES string of the molecule is COc1ccc(C(=O)Nc2cccc(Oc3ccnc(-c4nnco4)c3)c2)c(OC)c1OC. The summed E-state index contributed by atoms with van der Waals surface area (Å²) in [6.07, 6.45) is 2.80. The summed E-state index contributed by atoms with van der Waals surface area (Å²) in [7, 11) is 4.45. The molecule has 10 heteroatoms. The average molecular weight is 448 g/mol. The number of anilines is 1. The van der Waals surface area contributed by atoms with Gasteiger partial charge in [-0.3, -0.25) is 9.78 Å². The van der Waals surface area contributed by atoms with Crippen molar-refractivity contribution in [3.63, 3.8) is 0 Å². The van der Waals surface area contributed by atoms with Gasteiger partial charge in [0.05, 0.1) is 26.9 Å². The normalized spacial score (nSPS) is 10.4. The molecule has 1 N–H and O–H groups in total. The summed E-state index contributed by atoms with van der Waals surface area (Å²) in [5, 5.41) is 10.3. The molecule has 0 aliphatic heterocycles. The van der Waals surface area contributed by atoms with Crippen LogP contribution in [0.5, 0.6) is 28.7 Å². The molecule has 2 heterocycles. The van der Waals surface area contributed by atoms with Crippen LogP contribution in [0.4, 0.5) is 5.69 Å². The molecule has 168 valence electrons. The van der Waals surface area contributed by atoms with Gasteiger partial charge >= 0.3 is 0 Å². The Bertz CT molecular complexity index is 1260. The van der Waals surface area contributed by atoms with E-state index >= 15 is 0 Å². The number of hydrogen-bond acceptors (Lipinski definition) is 9. The van der Waals surface area contributed by atoms with Crippen LogP contribution in [0, 0.1) is 0 Å². The molecule has 2 aromatic carbocycles. The smallest absolute Gasteiger partial charge is 0.266 e. The van der Waals surface area contributed by atoms with E-state index in [0.717, 1.165) is 0 Å². The van der Waals surface area contributed by atoms with Crippen LogP contribution < -0.4 is 24.3 Å². The Morgan fingerprint density at radius 1 is 0.939 bits per heavy atom. The fourth-order valence-electron chi connectivity index (χ4n) is 3.13. The maximum Gasteiger partial charge on any atom is 0.266 e. The van der Waals surface area contributed by atoms with Crippen LogP contribution in [0.25, 0.3) is 11.6 Å². The number of benzene rings is 2. The predicted molar refractivity (Wildman–Crippen MR) is 118 cm³/mol. The zero-order valence-electron chi connectivity index (χ0n) is 18.1. The van der Waals surface area contributed by atoms with E-state index in [9.17, 15) is 4.79 Å². The molecule has 0 atom stereocenters. The van der Waals surface area contributed by atoms with Crippen LogP contribution in [-0.4, -0.2) is 42.4 Å². The van der Waals surface area contributed by atoms with Gasteiger partial charge in [-0.05, 0) is 30.3 Å². The molecule has 0 fully saturated rings. The monoisotopic (exact) mass is 448 g/mol. The van der Waals surface area contributed by atoms with Gasteiger partial charge in [-0.25, -0.2) is 0 Å². The molecule has 33 heavy (non-hydrogen) atoms. The number of carbonyl (C=O) groups is 1. The molecule has 0 saturated carbocycles. The molecular weight excluding hydrogens is 428 g/mol. The number of amides is 1. The highest BCUT2D eigenvalue weighted by atomic mass is 16.5. The van der Waals surface area contributed by atoms with E-state index in [0.29, 0.717) is 39.9 Å². The van der Waals surface area contributed by atoms with Gasteiger partial charge in [-0.2, -0.15) is 0 Å². The van der Waals surface area contributed by atoms with Crippen molar-refractivity contribution in [2.75, 3.05) is 26.6 Å². The van der Waals surface area contributed by atoms with Gasteiger partial charge < -0.3 is 28.7 Å². The Morgan fingerprint density at radius 2 is 1.76 bits per heavy atom. The lowest BCUT2D eigenvalue weighted by molar-refractivity contribution is 0.102. The van der Waals surface area contributed by atoms with E-state index in [-0.39, 0.29) is 17.5 Å². The van der Waals surface area contributed by atoms with Crippen molar-refractivity contribution in [1.29, 1.82) is 0 Å². The molecule has 4 aromatic rings. The highest BCUT2D eigenvalue weighted by Crippen LogP contribution is 2.40. The van der Waals surface area contributed by atoms with Crippen molar-refractivity contribution in [2.24, 2.45) is 0 Å². The second-order valence-corrected chi connectivity index (χ2v) is 6.59. The van der Waals surface area contributed by atoms with Crippen LogP contribution in [0.1, 0.15) is 10.4 Å². The minimum Gasteiger partial charge on any atom is -0.493 e. The Balaban J connectivity index is 1.53. The molecule has 4 rings (SSSR count). The van der Waals surface area contributed by atoms with E-state index in [1.165, 1.54) is 27.7 Å². The number of nitrogens with one attached hydrogen (secondary N) is 1. The van der Waals surface area contributed by atoms with Crippen molar-refractivity contribution in [3.8, 4) is 40.3 Å². The minimum atomic E-state index is -0.382. The maximum atomic E-state index is 12.9. The molecule has 1 amide bonds. The van der Waals surface area contributed by atoms with Crippen LogP contribution in [0.15, 0.2) is 65.5 Å². The second-order valence-electron chi connectivity index (χ2n) is 6.59. The van der Waals surface area contributed by atoms with Crippen molar-refractivity contribution in [2.45, 2.75) is 0 Å². The number of ether oxygens (including phenoxy) is 4. The zero-order chi connectivity index (χ0) is 23.2. The molecule has 0 radical (unpaired) electrons. The van der Waals surface area contributed by atoms with Crippen LogP contribution in [0.3, 0.4) is 0 Å². The first kappa shape index (κ1) is 21.6. The summed E-state index contributed by atoms with van der Waals surface area (Å²) in [6.45, 7) is 0. The number of aromatic nitrogens is 3. The Morgan fingerprint density at radius 3 is 2.48 bits per heavy atom. The lowest BCUT2D eigenvalue weighted by Gasteiger charge is -2.15. The van der Waals surface area contributed by atoms with Crippen LogP contribution in [0.2, 0.25) is 0 Å². The predicted octanol–water partition coefficient (Wildman–Crippen LogP) is 4.20. The van der Waals surface area contributed by atoms with Crippen molar-refractivity contribution in [1.82, 2.24) is 15.2 Å². The van der Waals surface area contributed by atoms with Gasteiger partial charge in [0.2, 0.25) is 12.1 Å². The summed E-state index contributed by atoms with van der Waals surface area (Å²) in [4.78, 5) is 17.1. The largest absolute Gasteiger partial charge is 0.493 e. The number of methoxy groups -OCH3 is 3. The van der Waals surface area contributed by atoms with E-state index in [1.807, 2.05) is 0 Å². The standard InChI is InChI=1S/C23H20N4O6/c1-29-19-8-7-17(20(30-2)21(19)31-3)22(28)26-14-5-4-6-15(11-14)33-16-9-10-24-18(12-16)23-27-25-13-32-23/h4-13H,1-3H3,(H,26,28). The van der Waals surface area contributed by atoms with E-state index in [2.05, 4.69) is 20.5 Å². The molecule has 0 aliphatic carbocycles. The topological polar surface area (TPSA) is 118 Å². The van der Waals surface area contributed by atoms with Crippen molar-refractivity contribution in [3.05, 3.63) is 66.7 Å². The summed E-state index contributed by atoms with van der Waals surface area (Å²) >= 11 is 0. The highest BCUT2D eigenvalue weighted by Gasteiger charge is 2.21. The third-order valence-corrected chi connectivity index (χ3v) is 4.59. The molecule has 0 unspecified atom stereocenters. The average Bonchev–Trinajstić information content (AvgIpc) is 3.38. The Labute approximate surface area is 189 Å². The van der Waals surface area contributed by atoms with E-state index in [1.54, 1.807) is 54.7 Å². The van der Waals surface area contributed by atoms with Gasteiger partial charge in [-0.1, -0.05) is 6.07 Å². The molecule has 0 spiro atoms.